The number of pyridine rings is 1. The van der Waals surface area contributed by atoms with E-state index < -0.39 is 11.7 Å². The van der Waals surface area contributed by atoms with E-state index in [2.05, 4.69) is 10.1 Å². The first-order valence-electron chi connectivity index (χ1n) is 9.09. The summed E-state index contributed by atoms with van der Waals surface area (Å²) in [5, 5.41) is 7.55. The highest BCUT2D eigenvalue weighted by molar-refractivity contribution is 6.03. The van der Waals surface area contributed by atoms with E-state index in [0.29, 0.717) is 11.3 Å². The molecule has 0 spiro atoms. The van der Waals surface area contributed by atoms with Gasteiger partial charge in [-0.3, -0.25) is 14.6 Å². The zero-order valence-corrected chi connectivity index (χ0v) is 16.2. The van der Waals surface area contributed by atoms with Crippen LogP contribution in [0.3, 0.4) is 0 Å². The molecule has 0 fully saturated rings. The second-order valence-corrected chi connectivity index (χ2v) is 6.85. The second-order valence-electron chi connectivity index (χ2n) is 6.85. The van der Waals surface area contributed by atoms with Crippen LogP contribution in [0, 0.1) is 0 Å². The summed E-state index contributed by atoms with van der Waals surface area (Å²) in [6, 6.07) is 14.8. The number of hydrazone groups is 1. The van der Waals surface area contributed by atoms with Gasteiger partial charge < -0.3 is 9.47 Å². The predicted octanol–water partition coefficient (Wildman–Crippen LogP) is 3.57. The highest BCUT2D eigenvalue weighted by atomic mass is 16.6. The maximum atomic E-state index is 12.3. The second kappa shape index (κ2) is 7.01. The maximum Gasteiger partial charge on any atom is 0.308 e. The fourth-order valence-corrected chi connectivity index (χ4v) is 3.39. The first kappa shape index (κ1) is 18.6. The van der Waals surface area contributed by atoms with Gasteiger partial charge >= 0.3 is 5.97 Å². The highest BCUT2D eigenvalue weighted by Gasteiger charge is 2.45. The Hall–Kier alpha value is -3.74. The van der Waals surface area contributed by atoms with E-state index in [1.807, 2.05) is 30.3 Å². The van der Waals surface area contributed by atoms with E-state index in [0.717, 1.165) is 16.3 Å². The molecule has 146 valence electrons. The van der Waals surface area contributed by atoms with Crippen molar-refractivity contribution in [1.29, 1.82) is 0 Å². The molecule has 0 bridgehead atoms. The summed E-state index contributed by atoms with van der Waals surface area (Å²) in [5.41, 5.74) is 0.0580. The SMILES string of the molecule is CC(=O)Oc1cc2ccccc2cc1C1=NN(C(C)=O)[C@](C)(c2ccncc2)O1. The lowest BCUT2D eigenvalue weighted by Gasteiger charge is -2.30. The van der Waals surface area contributed by atoms with Gasteiger partial charge in [-0.2, -0.15) is 5.01 Å². The van der Waals surface area contributed by atoms with Crippen molar-refractivity contribution in [3.05, 3.63) is 72.1 Å². The van der Waals surface area contributed by atoms with Crippen molar-refractivity contribution < 1.29 is 19.1 Å². The maximum absolute atomic E-state index is 12.3. The number of aromatic nitrogens is 1. The van der Waals surface area contributed by atoms with E-state index in [-0.39, 0.29) is 11.8 Å². The van der Waals surface area contributed by atoms with E-state index in [4.69, 9.17) is 9.47 Å². The van der Waals surface area contributed by atoms with Gasteiger partial charge in [0.05, 0.1) is 5.56 Å². The molecular weight excluding hydrogens is 370 g/mol. The predicted molar refractivity (Wildman–Crippen MR) is 107 cm³/mol. The van der Waals surface area contributed by atoms with Crippen LogP contribution in [0.5, 0.6) is 5.75 Å². The van der Waals surface area contributed by atoms with Crippen molar-refractivity contribution in [2.75, 3.05) is 0 Å². The summed E-state index contributed by atoms with van der Waals surface area (Å²) in [7, 11) is 0. The van der Waals surface area contributed by atoms with E-state index in [9.17, 15) is 9.59 Å². The van der Waals surface area contributed by atoms with Gasteiger partial charge in [-0.25, -0.2) is 0 Å². The summed E-state index contributed by atoms with van der Waals surface area (Å²) in [4.78, 5) is 28.0. The van der Waals surface area contributed by atoms with Gasteiger partial charge in [-0.05, 0) is 35.0 Å². The monoisotopic (exact) mass is 389 g/mol. The van der Waals surface area contributed by atoms with Crippen LogP contribution in [0.1, 0.15) is 31.9 Å². The number of fused-ring (bicyclic) bond motifs is 1. The van der Waals surface area contributed by atoms with Crippen LogP contribution in [-0.2, 0) is 20.1 Å². The lowest BCUT2D eigenvalue weighted by Crippen LogP contribution is -2.41. The Balaban J connectivity index is 1.86. The summed E-state index contributed by atoms with van der Waals surface area (Å²) >= 11 is 0. The van der Waals surface area contributed by atoms with Crippen LogP contribution < -0.4 is 4.74 Å². The molecule has 1 aliphatic rings. The third kappa shape index (κ3) is 3.31. The molecule has 1 aliphatic heterocycles. The molecular formula is C22H19N3O4. The molecule has 0 saturated heterocycles. The Labute approximate surface area is 167 Å². The van der Waals surface area contributed by atoms with Crippen molar-refractivity contribution >= 4 is 28.5 Å². The zero-order chi connectivity index (χ0) is 20.6. The Morgan fingerprint density at radius 2 is 1.69 bits per heavy atom. The minimum atomic E-state index is -1.15. The van der Waals surface area contributed by atoms with Crippen LogP contribution in [-0.4, -0.2) is 27.8 Å². The molecule has 7 nitrogen and oxygen atoms in total. The number of carbonyl (C=O) groups is 2. The number of benzene rings is 2. The van der Waals surface area contributed by atoms with Crippen LogP contribution >= 0.6 is 0 Å². The van der Waals surface area contributed by atoms with Gasteiger partial charge in [0, 0.05) is 38.7 Å². The molecule has 2 heterocycles. The van der Waals surface area contributed by atoms with Gasteiger partial charge in [0.1, 0.15) is 5.75 Å². The van der Waals surface area contributed by atoms with Crippen molar-refractivity contribution in [3.63, 3.8) is 0 Å². The lowest BCUT2D eigenvalue weighted by atomic mass is 10.0. The molecule has 1 aromatic heterocycles. The Morgan fingerprint density at radius 3 is 2.31 bits per heavy atom. The first-order chi connectivity index (χ1) is 13.9. The van der Waals surface area contributed by atoms with E-state index >= 15 is 0 Å². The molecule has 1 atom stereocenters. The van der Waals surface area contributed by atoms with E-state index in [1.165, 1.54) is 18.9 Å². The Morgan fingerprint density at radius 1 is 1.03 bits per heavy atom. The standard InChI is InChI=1S/C22H19N3O4/c1-14(26)25-22(3,18-8-10-23-11-9-18)29-21(24-25)19-12-16-6-4-5-7-17(16)13-20(19)28-15(2)27/h4-13H,1-3H3/t22-/m0/s1. The average molecular weight is 389 g/mol. The van der Waals surface area contributed by atoms with Crippen molar-refractivity contribution in [1.82, 2.24) is 9.99 Å². The number of ether oxygens (including phenoxy) is 2. The summed E-state index contributed by atoms with van der Waals surface area (Å²) in [6.45, 7) is 4.51. The molecule has 3 aromatic rings. The molecule has 0 unspecified atom stereocenters. The Bertz CT molecular complexity index is 1140. The summed E-state index contributed by atoms with van der Waals surface area (Å²) in [5.74, 6) is -0.228. The zero-order valence-electron chi connectivity index (χ0n) is 16.2. The highest BCUT2D eigenvalue weighted by Crippen LogP contribution is 2.38. The van der Waals surface area contributed by atoms with Crippen LogP contribution in [0.4, 0.5) is 0 Å². The van der Waals surface area contributed by atoms with Gasteiger partial charge in [0.25, 0.3) is 0 Å². The third-order valence-corrected chi connectivity index (χ3v) is 4.74. The molecule has 2 aromatic carbocycles. The van der Waals surface area contributed by atoms with Crippen LogP contribution in [0.25, 0.3) is 10.8 Å². The summed E-state index contributed by atoms with van der Waals surface area (Å²) < 4.78 is 11.6. The number of hydrogen-bond acceptors (Lipinski definition) is 6. The minimum Gasteiger partial charge on any atom is -0.443 e. The molecule has 4 rings (SSSR count). The van der Waals surface area contributed by atoms with E-state index in [1.54, 1.807) is 37.5 Å². The number of hydrogen-bond donors (Lipinski definition) is 0. The lowest BCUT2D eigenvalue weighted by molar-refractivity contribution is -0.146. The molecule has 0 aliphatic carbocycles. The number of carbonyl (C=O) groups excluding carboxylic acids is 2. The number of amides is 1. The smallest absolute Gasteiger partial charge is 0.308 e. The first-order valence-corrected chi connectivity index (χ1v) is 9.09. The van der Waals surface area contributed by atoms with Crippen LogP contribution in [0.15, 0.2) is 66.0 Å². The molecule has 7 heteroatoms. The minimum absolute atomic E-state index is 0.196. The number of esters is 1. The quantitative estimate of drug-likeness (QED) is 0.505. The molecule has 0 saturated carbocycles. The van der Waals surface area contributed by atoms with Crippen molar-refractivity contribution in [3.8, 4) is 5.75 Å². The molecule has 1 amide bonds. The fourth-order valence-electron chi connectivity index (χ4n) is 3.39. The average Bonchev–Trinajstić information content (AvgIpc) is 3.07. The normalized spacial score (nSPS) is 18.3. The third-order valence-electron chi connectivity index (χ3n) is 4.74. The number of rotatable bonds is 3. The van der Waals surface area contributed by atoms with Gasteiger partial charge in [0.2, 0.25) is 17.5 Å². The fraction of sp³-hybridized carbons (Fsp3) is 0.182. The molecule has 29 heavy (non-hydrogen) atoms. The van der Waals surface area contributed by atoms with Gasteiger partial charge in [0.15, 0.2) is 0 Å². The van der Waals surface area contributed by atoms with Crippen LogP contribution in [0.2, 0.25) is 0 Å². The van der Waals surface area contributed by atoms with Gasteiger partial charge in [-0.1, -0.05) is 24.3 Å². The largest absolute Gasteiger partial charge is 0.443 e. The topological polar surface area (TPSA) is 81.1 Å². The Kier molecular flexibility index (Phi) is 4.50. The van der Waals surface area contributed by atoms with Gasteiger partial charge in [-0.15, -0.1) is 5.10 Å². The number of nitrogens with zero attached hydrogens (tertiary/aromatic N) is 3. The van der Waals surface area contributed by atoms with Crippen molar-refractivity contribution in [2.45, 2.75) is 26.5 Å². The summed E-state index contributed by atoms with van der Waals surface area (Å²) in [6.07, 6.45) is 3.25. The molecule has 0 N–H and O–H groups in total. The molecule has 0 radical (unpaired) electrons. The van der Waals surface area contributed by atoms with Crippen molar-refractivity contribution in [2.24, 2.45) is 5.10 Å².